The molecule has 0 saturated heterocycles. The summed E-state index contributed by atoms with van der Waals surface area (Å²) >= 11 is 1.41. The lowest BCUT2D eigenvalue weighted by Gasteiger charge is -2.13. The Labute approximate surface area is 104 Å². The lowest BCUT2D eigenvalue weighted by Crippen LogP contribution is -2.29. The molecule has 2 aromatic rings. The SMILES string of the molecule is CCCc1nnsc1C(Cc1ccoc1)NN. The van der Waals surface area contributed by atoms with Crippen molar-refractivity contribution in [2.24, 2.45) is 5.84 Å². The molecule has 0 aliphatic heterocycles. The summed E-state index contributed by atoms with van der Waals surface area (Å²) < 4.78 is 9.07. The fourth-order valence-electron chi connectivity index (χ4n) is 1.76. The van der Waals surface area contributed by atoms with Gasteiger partial charge in [0.05, 0.1) is 29.1 Å². The highest BCUT2D eigenvalue weighted by atomic mass is 32.1. The van der Waals surface area contributed by atoms with Crippen LogP contribution >= 0.6 is 11.5 Å². The zero-order chi connectivity index (χ0) is 12.1. The maximum Gasteiger partial charge on any atom is 0.0935 e. The van der Waals surface area contributed by atoms with Gasteiger partial charge < -0.3 is 4.42 Å². The number of nitrogens with zero attached hydrogens (tertiary/aromatic N) is 2. The van der Waals surface area contributed by atoms with Crippen LogP contribution in [0.15, 0.2) is 23.0 Å². The first-order valence-corrected chi connectivity index (χ1v) is 6.40. The van der Waals surface area contributed by atoms with Crippen LogP contribution < -0.4 is 11.3 Å². The van der Waals surface area contributed by atoms with E-state index in [4.69, 9.17) is 10.3 Å². The van der Waals surface area contributed by atoms with Crippen LogP contribution in [0.3, 0.4) is 0 Å². The monoisotopic (exact) mass is 252 g/mol. The molecule has 0 fully saturated rings. The second-order valence-electron chi connectivity index (χ2n) is 3.89. The number of nitrogens with two attached hydrogens (primary N) is 1. The average molecular weight is 252 g/mol. The van der Waals surface area contributed by atoms with Crippen molar-refractivity contribution in [3.05, 3.63) is 34.7 Å². The van der Waals surface area contributed by atoms with Crippen molar-refractivity contribution >= 4 is 11.5 Å². The summed E-state index contributed by atoms with van der Waals surface area (Å²) in [6, 6.07) is 1.99. The number of rotatable bonds is 6. The second-order valence-corrected chi connectivity index (χ2v) is 4.67. The zero-order valence-corrected chi connectivity index (χ0v) is 10.5. The van der Waals surface area contributed by atoms with Crippen LogP contribution in [0.2, 0.25) is 0 Å². The van der Waals surface area contributed by atoms with E-state index in [0.29, 0.717) is 0 Å². The molecule has 2 aromatic heterocycles. The van der Waals surface area contributed by atoms with Gasteiger partial charge >= 0.3 is 0 Å². The standard InChI is InChI=1S/C11H16N4OS/c1-2-3-9-11(17-15-14-9)10(13-12)6-8-4-5-16-7-8/h4-5,7,10,13H,2-3,6,12H2,1H3. The second kappa shape index (κ2) is 5.90. The largest absolute Gasteiger partial charge is 0.472 e. The van der Waals surface area contributed by atoms with Crippen molar-refractivity contribution < 1.29 is 4.42 Å². The van der Waals surface area contributed by atoms with Crippen LogP contribution in [0, 0.1) is 0 Å². The van der Waals surface area contributed by atoms with Gasteiger partial charge in [-0.3, -0.25) is 11.3 Å². The summed E-state index contributed by atoms with van der Waals surface area (Å²) in [6.07, 6.45) is 6.18. The minimum absolute atomic E-state index is 0.0501. The summed E-state index contributed by atoms with van der Waals surface area (Å²) in [4.78, 5) is 1.12. The summed E-state index contributed by atoms with van der Waals surface area (Å²) in [5.74, 6) is 5.62. The van der Waals surface area contributed by atoms with Crippen LogP contribution in [-0.2, 0) is 12.8 Å². The van der Waals surface area contributed by atoms with Gasteiger partial charge in [-0.05, 0) is 36.0 Å². The highest BCUT2D eigenvalue weighted by Crippen LogP contribution is 2.24. The number of hydrogen-bond acceptors (Lipinski definition) is 6. The maximum absolute atomic E-state index is 5.62. The molecule has 6 heteroatoms. The predicted molar refractivity (Wildman–Crippen MR) is 66.4 cm³/mol. The van der Waals surface area contributed by atoms with Crippen LogP contribution in [-0.4, -0.2) is 9.59 Å². The molecule has 1 unspecified atom stereocenters. The third kappa shape index (κ3) is 2.91. The van der Waals surface area contributed by atoms with Gasteiger partial charge in [-0.15, -0.1) is 5.10 Å². The van der Waals surface area contributed by atoms with E-state index in [1.54, 1.807) is 12.5 Å². The van der Waals surface area contributed by atoms with E-state index in [2.05, 4.69) is 21.9 Å². The third-order valence-electron chi connectivity index (χ3n) is 2.61. The van der Waals surface area contributed by atoms with Crippen molar-refractivity contribution in [2.75, 3.05) is 0 Å². The molecule has 0 amide bonds. The van der Waals surface area contributed by atoms with Gasteiger partial charge in [0.25, 0.3) is 0 Å². The van der Waals surface area contributed by atoms with Crippen molar-refractivity contribution in [1.82, 2.24) is 15.0 Å². The number of aryl methyl sites for hydroxylation is 1. The molecule has 0 aromatic carbocycles. The molecule has 0 aliphatic rings. The van der Waals surface area contributed by atoms with Crippen LogP contribution in [0.25, 0.3) is 0 Å². The van der Waals surface area contributed by atoms with Gasteiger partial charge in [-0.1, -0.05) is 17.8 Å². The molecule has 0 radical (unpaired) electrons. The van der Waals surface area contributed by atoms with Gasteiger partial charge in [0.15, 0.2) is 0 Å². The Morgan fingerprint density at radius 1 is 1.59 bits per heavy atom. The van der Waals surface area contributed by atoms with Crippen molar-refractivity contribution in [1.29, 1.82) is 0 Å². The maximum atomic E-state index is 5.62. The third-order valence-corrected chi connectivity index (χ3v) is 3.49. The Hall–Kier alpha value is -1.24. The fourth-order valence-corrected chi connectivity index (χ4v) is 2.52. The molecule has 0 aliphatic carbocycles. The van der Waals surface area contributed by atoms with Crippen molar-refractivity contribution in [3.63, 3.8) is 0 Å². The van der Waals surface area contributed by atoms with E-state index in [1.165, 1.54) is 11.5 Å². The molecule has 5 nitrogen and oxygen atoms in total. The highest BCUT2D eigenvalue weighted by molar-refractivity contribution is 7.05. The molecular formula is C11H16N4OS. The van der Waals surface area contributed by atoms with Gasteiger partial charge in [0.1, 0.15) is 0 Å². The molecule has 1 atom stereocenters. The Balaban J connectivity index is 2.14. The molecule has 0 bridgehead atoms. The van der Waals surface area contributed by atoms with E-state index >= 15 is 0 Å². The quantitative estimate of drug-likeness (QED) is 0.606. The van der Waals surface area contributed by atoms with Gasteiger partial charge in [-0.25, -0.2) is 0 Å². The van der Waals surface area contributed by atoms with Crippen LogP contribution in [0.1, 0.15) is 35.5 Å². The average Bonchev–Trinajstić information content (AvgIpc) is 2.97. The molecule has 3 N–H and O–H groups in total. The minimum atomic E-state index is 0.0501. The molecule has 2 heterocycles. The smallest absolute Gasteiger partial charge is 0.0935 e. The Morgan fingerprint density at radius 2 is 2.47 bits per heavy atom. The zero-order valence-electron chi connectivity index (χ0n) is 9.72. The normalized spacial score (nSPS) is 12.8. The Morgan fingerprint density at radius 3 is 3.12 bits per heavy atom. The summed E-state index contributed by atoms with van der Waals surface area (Å²) in [5.41, 5.74) is 4.99. The van der Waals surface area contributed by atoms with Gasteiger partial charge in [0, 0.05) is 0 Å². The number of aromatic nitrogens is 2. The number of furan rings is 1. The van der Waals surface area contributed by atoms with E-state index < -0.39 is 0 Å². The van der Waals surface area contributed by atoms with Gasteiger partial charge in [0.2, 0.25) is 0 Å². The van der Waals surface area contributed by atoms with E-state index in [0.717, 1.165) is 35.4 Å². The van der Waals surface area contributed by atoms with E-state index in [9.17, 15) is 0 Å². The lowest BCUT2D eigenvalue weighted by atomic mass is 10.1. The predicted octanol–water partition coefficient (Wildman–Crippen LogP) is 1.83. The number of hydrazine groups is 1. The summed E-state index contributed by atoms with van der Waals surface area (Å²) in [5, 5.41) is 4.15. The topological polar surface area (TPSA) is 77.0 Å². The molecule has 0 spiro atoms. The van der Waals surface area contributed by atoms with Crippen LogP contribution in [0.5, 0.6) is 0 Å². The summed E-state index contributed by atoms with van der Waals surface area (Å²) in [6.45, 7) is 2.13. The molecule has 2 rings (SSSR count). The minimum Gasteiger partial charge on any atom is -0.472 e. The molecular weight excluding hydrogens is 236 g/mol. The number of nitrogens with one attached hydrogen (secondary N) is 1. The number of hydrogen-bond donors (Lipinski definition) is 2. The molecule has 0 saturated carbocycles. The first-order chi connectivity index (χ1) is 8.35. The van der Waals surface area contributed by atoms with E-state index in [1.807, 2.05) is 6.07 Å². The fraction of sp³-hybridized carbons (Fsp3) is 0.455. The van der Waals surface area contributed by atoms with Gasteiger partial charge in [-0.2, -0.15) is 0 Å². The first kappa shape index (κ1) is 12.2. The Kier molecular flexibility index (Phi) is 4.24. The van der Waals surface area contributed by atoms with Crippen LogP contribution in [0.4, 0.5) is 0 Å². The lowest BCUT2D eigenvalue weighted by molar-refractivity contribution is 0.537. The Bertz CT molecular complexity index is 440. The van der Waals surface area contributed by atoms with Crippen molar-refractivity contribution in [2.45, 2.75) is 32.2 Å². The van der Waals surface area contributed by atoms with Crippen molar-refractivity contribution in [3.8, 4) is 0 Å². The summed E-state index contributed by atoms with van der Waals surface area (Å²) in [7, 11) is 0. The highest BCUT2D eigenvalue weighted by Gasteiger charge is 2.18. The first-order valence-electron chi connectivity index (χ1n) is 5.63. The molecule has 17 heavy (non-hydrogen) atoms. The molecule has 92 valence electrons. The van der Waals surface area contributed by atoms with E-state index in [-0.39, 0.29) is 6.04 Å².